The van der Waals surface area contributed by atoms with Crippen LogP contribution in [0.25, 0.3) is 0 Å². The molecule has 37 heavy (non-hydrogen) atoms. The normalized spacial score (nSPS) is 15.2. The van der Waals surface area contributed by atoms with Crippen LogP contribution in [0.2, 0.25) is 0 Å². The fourth-order valence-electron chi connectivity index (χ4n) is 3.58. The van der Waals surface area contributed by atoms with Crippen LogP contribution in [-0.2, 0) is 13.0 Å². The van der Waals surface area contributed by atoms with Crippen LogP contribution in [0.5, 0.6) is 0 Å². The molecule has 1 unspecified atom stereocenters. The lowest BCUT2D eigenvalue weighted by Gasteiger charge is -2.44. The smallest absolute Gasteiger partial charge is 0.290 e. The fourth-order valence-corrected chi connectivity index (χ4v) is 3.58. The SMILES string of the molecule is CCN(Cc1ccccc1)C(Cc1ccccc1)C(F)(F)C(F)(F)C(F)(F)C(F)(F)C(F)(F)C(F)(F)F. The van der Waals surface area contributed by atoms with E-state index in [1.165, 1.54) is 48.5 Å². The Bertz CT molecular complexity index is 1000. The lowest BCUT2D eigenvalue weighted by atomic mass is 9.87. The molecule has 0 spiro atoms. The Morgan fingerprint density at radius 2 is 0.973 bits per heavy atom. The minimum absolute atomic E-state index is 0.148. The summed E-state index contributed by atoms with van der Waals surface area (Å²) < 4.78 is 180. The molecule has 1 atom stereocenters. The minimum Gasteiger partial charge on any atom is -0.290 e. The van der Waals surface area contributed by atoms with E-state index in [9.17, 15) is 48.3 Å². The van der Waals surface area contributed by atoms with Gasteiger partial charge in [-0.25, -0.2) is 0 Å². The van der Waals surface area contributed by atoms with E-state index in [-0.39, 0.29) is 11.1 Å². The average Bonchev–Trinajstić information content (AvgIpc) is 2.81. The van der Waals surface area contributed by atoms with Gasteiger partial charge in [-0.1, -0.05) is 67.6 Å². The second kappa shape index (κ2) is 10.3. The van der Waals surface area contributed by atoms with Gasteiger partial charge in [0.15, 0.2) is 0 Å². The van der Waals surface area contributed by atoms with Gasteiger partial charge in [0.25, 0.3) is 0 Å². The summed E-state index contributed by atoms with van der Waals surface area (Å²) >= 11 is 0. The number of nitrogens with zero attached hydrogens (tertiary/aromatic N) is 1. The summed E-state index contributed by atoms with van der Waals surface area (Å²) in [5.74, 6) is -37.1. The number of halogens is 13. The zero-order valence-electron chi connectivity index (χ0n) is 18.8. The van der Waals surface area contributed by atoms with Gasteiger partial charge in [0.2, 0.25) is 0 Å². The highest BCUT2D eigenvalue weighted by molar-refractivity contribution is 5.21. The maximum atomic E-state index is 15.3. The van der Waals surface area contributed by atoms with E-state index in [1.54, 1.807) is 0 Å². The Morgan fingerprint density at radius 1 is 0.568 bits per heavy atom. The van der Waals surface area contributed by atoms with Gasteiger partial charge in [0, 0.05) is 6.54 Å². The summed E-state index contributed by atoms with van der Waals surface area (Å²) in [7, 11) is 0. The van der Waals surface area contributed by atoms with E-state index in [1.807, 2.05) is 0 Å². The van der Waals surface area contributed by atoms with E-state index in [4.69, 9.17) is 0 Å². The van der Waals surface area contributed by atoms with E-state index in [0.29, 0.717) is 4.90 Å². The maximum absolute atomic E-state index is 15.3. The van der Waals surface area contributed by atoms with E-state index < -0.39 is 61.3 Å². The highest BCUT2D eigenvalue weighted by Gasteiger charge is 2.91. The van der Waals surface area contributed by atoms with E-state index in [0.717, 1.165) is 19.1 Å². The first-order valence-electron chi connectivity index (χ1n) is 10.5. The molecule has 0 bridgehead atoms. The summed E-state index contributed by atoms with van der Waals surface area (Å²) in [6.07, 6.45) is -8.61. The van der Waals surface area contributed by atoms with Crippen LogP contribution in [0.4, 0.5) is 57.1 Å². The van der Waals surface area contributed by atoms with Gasteiger partial charge in [-0.05, 0) is 24.1 Å². The molecule has 14 heteroatoms. The summed E-state index contributed by atoms with van der Waals surface area (Å²) in [5, 5.41) is 0. The number of benzene rings is 2. The molecule has 0 aliphatic rings. The van der Waals surface area contributed by atoms with Crippen LogP contribution >= 0.6 is 0 Å². The topological polar surface area (TPSA) is 3.24 Å². The molecule has 2 rings (SSSR count). The fraction of sp³-hybridized carbons (Fsp3) is 0.478. The van der Waals surface area contributed by atoms with Crippen LogP contribution in [0, 0.1) is 0 Å². The molecule has 0 radical (unpaired) electrons. The van der Waals surface area contributed by atoms with Crippen molar-refractivity contribution in [2.24, 2.45) is 0 Å². The zero-order chi connectivity index (χ0) is 28.5. The maximum Gasteiger partial charge on any atom is 0.460 e. The average molecular weight is 557 g/mol. The van der Waals surface area contributed by atoms with Crippen molar-refractivity contribution < 1.29 is 57.1 Å². The lowest BCUT2D eigenvalue weighted by molar-refractivity contribution is -0.442. The number of hydrogen-bond acceptors (Lipinski definition) is 1. The standard InChI is InChI=1S/C23H20F13N/c1-2-37(14-16-11-7-4-8-12-16)17(13-15-9-5-3-6-10-15)18(24,25)19(26,27)20(28,29)21(30,31)22(32,33)23(34,35)36/h3-12,17H,2,13-14H2,1H3. The van der Waals surface area contributed by atoms with Gasteiger partial charge in [-0.3, -0.25) is 4.90 Å². The minimum atomic E-state index is -7.93. The second-order valence-corrected chi connectivity index (χ2v) is 8.17. The third-order valence-corrected chi connectivity index (χ3v) is 5.72. The molecule has 0 saturated carbocycles. The molecule has 0 aliphatic heterocycles. The van der Waals surface area contributed by atoms with Crippen molar-refractivity contribution in [3.8, 4) is 0 Å². The van der Waals surface area contributed by atoms with Crippen molar-refractivity contribution in [2.45, 2.75) is 61.7 Å². The van der Waals surface area contributed by atoms with Crippen molar-refractivity contribution in [3.05, 3.63) is 71.8 Å². The zero-order valence-corrected chi connectivity index (χ0v) is 18.8. The van der Waals surface area contributed by atoms with E-state index >= 15 is 8.78 Å². The number of rotatable bonds is 11. The van der Waals surface area contributed by atoms with Crippen LogP contribution in [0.15, 0.2) is 60.7 Å². The van der Waals surface area contributed by atoms with Gasteiger partial charge < -0.3 is 0 Å². The third kappa shape index (κ3) is 5.39. The summed E-state index contributed by atoms with van der Waals surface area (Å²) in [6.45, 7) is 0.0135. The number of hydrogen-bond donors (Lipinski definition) is 0. The first-order chi connectivity index (χ1) is 16.8. The predicted octanol–water partition coefficient (Wildman–Crippen LogP) is 7.86. The monoisotopic (exact) mass is 557 g/mol. The molecule has 0 aliphatic carbocycles. The van der Waals surface area contributed by atoms with Crippen molar-refractivity contribution in [3.63, 3.8) is 0 Å². The molecular weight excluding hydrogens is 537 g/mol. The van der Waals surface area contributed by atoms with Gasteiger partial charge in [-0.15, -0.1) is 0 Å². The lowest BCUT2D eigenvalue weighted by Crippen LogP contribution is -2.73. The first-order valence-corrected chi connectivity index (χ1v) is 10.5. The number of likely N-dealkylation sites (N-methyl/N-ethyl adjacent to an activating group) is 1. The van der Waals surface area contributed by atoms with Gasteiger partial charge in [0.05, 0.1) is 6.04 Å². The Kier molecular flexibility index (Phi) is 8.58. The van der Waals surface area contributed by atoms with Crippen molar-refractivity contribution in [1.82, 2.24) is 4.90 Å². The van der Waals surface area contributed by atoms with Crippen molar-refractivity contribution >= 4 is 0 Å². The molecule has 0 saturated heterocycles. The highest BCUT2D eigenvalue weighted by atomic mass is 19.4. The molecular formula is C23H20F13N. The van der Waals surface area contributed by atoms with E-state index in [2.05, 4.69) is 0 Å². The predicted molar refractivity (Wildman–Crippen MR) is 107 cm³/mol. The molecule has 0 amide bonds. The highest BCUT2D eigenvalue weighted by Crippen LogP contribution is 2.61. The summed E-state index contributed by atoms with van der Waals surface area (Å²) in [5.41, 5.74) is 0.0624. The van der Waals surface area contributed by atoms with Gasteiger partial charge in [0.1, 0.15) is 0 Å². The van der Waals surface area contributed by atoms with Crippen LogP contribution in [0.3, 0.4) is 0 Å². The Morgan fingerprint density at radius 3 is 1.38 bits per heavy atom. The molecule has 2 aromatic rings. The molecule has 1 nitrogen and oxygen atoms in total. The number of alkyl halides is 13. The van der Waals surface area contributed by atoms with Crippen molar-refractivity contribution in [2.75, 3.05) is 6.54 Å². The molecule has 2 aromatic carbocycles. The Balaban J connectivity index is 2.64. The Labute approximate surface area is 202 Å². The summed E-state index contributed by atoms with van der Waals surface area (Å²) in [6, 6.07) is 10.2. The molecule has 0 fully saturated rings. The van der Waals surface area contributed by atoms with Crippen LogP contribution in [0.1, 0.15) is 18.1 Å². The van der Waals surface area contributed by atoms with Gasteiger partial charge in [-0.2, -0.15) is 57.1 Å². The largest absolute Gasteiger partial charge is 0.460 e. The molecule has 0 heterocycles. The molecule has 0 N–H and O–H groups in total. The Hall–Kier alpha value is -2.51. The first kappa shape index (κ1) is 30.7. The third-order valence-electron chi connectivity index (χ3n) is 5.72. The van der Waals surface area contributed by atoms with Crippen LogP contribution in [-0.4, -0.2) is 53.3 Å². The quantitative estimate of drug-likeness (QED) is 0.255. The van der Waals surface area contributed by atoms with Crippen LogP contribution < -0.4 is 0 Å². The molecule has 0 aromatic heterocycles. The molecule has 208 valence electrons. The summed E-state index contributed by atoms with van der Waals surface area (Å²) in [4.78, 5) is 0.520. The van der Waals surface area contributed by atoms with Crippen molar-refractivity contribution in [1.29, 1.82) is 0 Å². The second-order valence-electron chi connectivity index (χ2n) is 8.17. The van der Waals surface area contributed by atoms with Gasteiger partial charge >= 0.3 is 35.8 Å².